The first-order valence-electron chi connectivity index (χ1n) is 6.72. The number of thiazole rings is 1. The Bertz CT molecular complexity index is 573. The van der Waals surface area contributed by atoms with Crippen molar-refractivity contribution in [3.63, 3.8) is 0 Å². The van der Waals surface area contributed by atoms with Gasteiger partial charge in [0.1, 0.15) is 5.69 Å². The number of nitrogens with zero attached hydrogens (tertiary/aromatic N) is 2. The molecular weight excluding hydrogens is 270 g/mol. The molecular formula is C15H19N3OS. The number of carbonyl (C=O) groups is 1. The van der Waals surface area contributed by atoms with E-state index in [0.717, 1.165) is 29.5 Å². The first-order chi connectivity index (χ1) is 9.63. The molecule has 0 aliphatic carbocycles. The Labute approximate surface area is 123 Å². The minimum atomic E-state index is -0.162. The Hall–Kier alpha value is -1.88. The smallest absolute Gasteiger partial charge is 0.275 e. The number of nitrogens with one attached hydrogen (secondary N) is 1. The summed E-state index contributed by atoms with van der Waals surface area (Å²) in [6.07, 6.45) is 0. The number of carbonyl (C=O) groups excluding carboxylic acids is 1. The molecule has 1 aromatic heterocycles. The average Bonchev–Trinajstić information content (AvgIpc) is 2.89. The molecule has 4 nitrogen and oxygen atoms in total. The molecule has 0 radical (unpaired) electrons. The van der Waals surface area contributed by atoms with Gasteiger partial charge in [0.2, 0.25) is 0 Å². The van der Waals surface area contributed by atoms with Crippen LogP contribution in [-0.4, -0.2) is 24.0 Å². The Kier molecular flexibility index (Phi) is 4.74. The molecule has 0 saturated heterocycles. The molecule has 0 unspecified atom stereocenters. The number of benzene rings is 1. The second-order valence-electron chi connectivity index (χ2n) is 4.43. The first kappa shape index (κ1) is 14.5. The minimum Gasteiger partial charge on any atom is -0.372 e. The van der Waals surface area contributed by atoms with Crippen LogP contribution in [0.5, 0.6) is 0 Å². The molecule has 20 heavy (non-hydrogen) atoms. The summed E-state index contributed by atoms with van der Waals surface area (Å²) < 4.78 is 0. The maximum atomic E-state index is 12.0. The lowest BCUT2D eigenvalue weighted by atomic mass is 10.2. The van der Waals surface area contributed by atoms with E-state index in [-0.39, 0.29) is 5.91 Å². The quantitative estimate of drug-likeness (QED) is 0.915. The molecule has 0 fully saturated rings. The molecule has 0 saturated carbocycles. The van der Waals surface area contributed by atoms with Gasteiger partial charge in [0.25, 0.3) is 5.91 Å². The molecule has 2 aromatic rings. The van der Waals surface area contributed by atoms with Gasteiger partial charge in [-0.05, 0) is 45.0 Å². The van der Waals surface area contributed by atoms with E-state index in [9.17, 15) is 4.79 Å². The van der Waals surface area contributed by atoms with Crippen molar-refractivity contribution in [2.75, 3.05) is 23.3 Å². The van der Waals surface area contributed by atoms with Crippen molar-refractivity contribution in [2.24, 2.45) is 0 Å². The van der Waals surface area contributed by atoms with E-state index in [1.54, 1.807) is 5.38 Å². The largest absolute Gasteiger partial charge is 0.372 e. The Morgan fingerprint density at radius 2 is 1.90 bits per heavy atom. The highest BCUT2D eigenvalue weighted by Gasteiger charge is 2.09. The number of anilines is 2. The summed E-state index contributed by atoms with van der Waals surface area (Å²) in [4.78, 5) is 18.4. The number of aryl methyl sites for hydroxylation is 1. The highest BCUT2D eigenvalue weighted by molar-refractivity contribution is 7.09. The van der Waals surface area contributed by atoms with E-state index < -0.39 is 0 Å². The Morgan fingerprint density at radius 3 is 2.40 bits per heavy atom. The zero-order valence-electron chi connectivity index (χ0n) is 12.0. The first-order valence-corrected chi connectivity index (χ1v) is 7.60. The van der Waals surface area contributed by atoms with Crippen LogP contribution in [-0.2, 0) is 0 Å². The van der Waals surface area contributed by atoms with Crippen LogP contribution in [0.3, 0.4) is 0 Å². The summed E-state index contributed by atoms with van der Waals surface area (Å²) in [5, 5.41) is 5.53. The lowest BCUT2D eigenvalue weighted by Crippen LogP contribution is -2.21. The second-order valence-corrected chi connectivity index (χ2v) is 5.49. The predicted octanol–water partition coefficient (Wildman–Crippen LogP) is 3.55. The van der Waals surface area contributed by atoms with Crippen LogP contribution >= 0.6 is 11.3 Å². The average molecular weight is 289 g/mol. The van der Waals surface area contributed by atoms with E-state index >= 15 is 0 Å². The molecule has 1 N–H and O–H groups in total. The molecule has 106 valence electrons. The fourth-order valence-electron chi connectivity index (χ4n) is 2.01. The van der Waals surface area contributed by atoms with E-state index in [0.29, 0.717) is 5.69 Å². The fraction of sp³-hybridized carbons (Fsp3) is 0.333. The molecule has 0 atom stereocenters. The van der Waals surface area contributed by atoms with Gasteiger partial charge in [0.15, 0.2) is 0 Å². The minimum absolute atomic E-state index is 0.162. The van der Waals surface area contributed by atoms with Crippen molar-refractivity contribution >= 4 is 28.6 Å². The van der Waals surface area contributed by atoms with E-state index in [2.05, 4.69) is 29.0 Å². The van der Waals surface area contributed by atoms with Crippen LogP contribution in [0.2, 0.25) is 0 Å². The third-order valence-electron chi connectivity index (χ3n) is 3.11. The van der Waals surface area contributed by atoms with Crippen LogP contribution in [0.1, 0.15) is 29.3 Å². The number of rotatable bonds is 5. The van der Waals surface area contributed by atoms with Crippen molar-refractivity contribution in [3.8, 4) is 0 Å². The Balaban J connectivity index is 2.05. The van der Waals surface area contributed by atoms with Crippen molar-refractivity contribution in [3.05, 3.63) is 40.3 Å². The standard InChI is InChI=1S/C15H19N3OS/c1-4-18(5-2)13-8-6-12(7-9-13)17-15(19)14-10-20-11(3)16-14/h6-10H,4-5H2,1-3H3,(H,17,19). The van der Waals surface area contributed by atoms with Crippen LogP contribution in [0.25, 0.3) is 0 Å². The van der Waals surface area contributed by atoms with Gasteiger partial charge < -0.3 is 10.2 Å². The molecule has 1 aromatic carbocycles. The summed E-state index contributed by atoms with van der Waals surface area (Å²) in [6, 6.07) is 7.89. The lowest BCUT2D eigenvalue weighted by molar-refractivity contribution is 0.102. The van der Waals surface area contributed by atoms with E-state index in [4.69, 9.17) is 0 Å². The van der Waals surface area contributed by atoms with Gasteiger partial charge in [-0.15, -0.1) is 11.3 Å². The van der Waals surface area contributed by atoms with E-state index in [1.165, 1.54) is 11.3 Å². The van der Waals surface area contributed by atoms with Crippen LogP contribution in [0.15, 0.2) is 29.6 Å². The zero-order valence-corrected chi connectivity index (χ0v) is 12.8. The maximum Gasteiger partial charge on any atom is 0.275 e. The highest BCUT2D eigenvalue weighted by Crippen LogP contribution is 2.18. The second kappa shape index (κ2) is 6.52. The molecule has 1 amide bonds. The SMILES string of the molecule is CCN(CC)c1ccc(NC(=O)c2csc(C)n2)cc1. The van der Waals surface area contributed by atoms with Gasteiger partial charge in [0.05, 0.1) is 5.01 Å². The summed E-state index contributed by atoms with van der Waals surface area (Å²) in [7, 11) is 0. The Morgan fingerprint density at radius 1 is 1.25 bits per heavy atom. The molecule has 0 aliphatic rings. The molecule has 2 rings (SSSR count). The van der Waals surface area contributed by atoms with Crippen LogP contribution in [0.4, 0.5) is 11.4 Å². The summed E-state index contributed by atoms with van der Waals surface area (Å²) in [5.74, 6) is -0.162. The third-order valence-corrected chi connectivity index (χ3v) is 3.88. The van der Waals surface area contributed by atoms with Crippen LogP contribution < -0.4 is 10.2 Å². The van der Waals surface area contributed by atoms with Gasteiger partial charge in [-0.3, -0.25) is 4.79 Å². The predicted molar refractivity (Wildman–Crippen MR) is 84.8 cm³/mol. The summed E-state index contributed by atoms with van der Waals surface area (Å²) >= 11 is 1.48. The summed E-state index contributed by atoms with van der Waals surface area (Å²) in [5.41, 5.74) is 2.43. The normalized spacial score (nSPS) is 10.3. The molecule has 0 aliphatic heterocycles. The fourth-order valence-corrected chi connectivity index (χ4v) is 2.60. The van der Waals surface area contributed by atoms with Crippen molar-refractivity contribution in [1.29, 1.82) is 0 Å². The highest BCUT2D eigenvalue weighted by atomic mass is 32.1. The number of amides is 1. The molecule has 0 bridgehead atoms. The van der Waals surface area contributed by atoms with Crippen molar-refractivity contribution < 1.29 is 4.79 Å². The van der Waals surface area contributed by atoms with Gasteiger partial charge in [-0.1, -0.05) is 0 Å². The molecule has 1 heterocycles. The van der Waals surface area contributed by atoms with Gasteiger partial charge in [-0.25, -0.2) is 4.98 Å². The number of aromatic nitrogens is 1. The van der Waals surface area contributed by atoms with Crippen molar-refractivity contribution in [2.45, 2.75) is 20.8 Å². The summed E-state index contributed by atoms with van der Waals surface area (Å²) in [6.45, 7) is 8.09. The van der Waals surface area contributed by atoms with Crippen LogP contribution in [0, 0.1) is 6.92 Å². The van der Waals surface area contributed by atoms with Gasteiger partial charge in [-0.2, -0.15) is 0 Å². The maximum absolute atomic E-state index is 12.0. The monoisotopic (exact) mass is 289 g/mol. The van der Waals surface area contributed by atoms with E-state index in [1.807, 2.05) is 31.2 Å². The molecule has 5 heteroatoms. The topological polar surface area (TPSA) is 45.2 Å². The molecule has 0 spiro atoms. The van der Waals surface area contributed by atoms with Gasteiger partial charge >= 0.3 is 0 Å². The number of hydrogen-bond donors (Lipinski definition) is 1. The lowest BCUT2D eigenvalue weighted by Gasteiger charge is -2.21. The van der Waals surface area contributed by atoms with Crippen molar-refractivity contribution in [1.82, 2.24) is 4.98 Å². The third kappa shape index (κ3) is 3.36. The number of hydrogen-bond acceptors (Lipinski definition) is 4. The zero-order chi connectivity index (χ0) is 14.5. The van der Waals surface area contributed by atoms with Gasteiger partial charge in [0, 0.05) is 29.8 Å².